The van der Waals surface area contributed by atoms with Crippen molar-refractivity contribution in [1.29, 1.82) is 0 Å². The van der Waals surface area contributed by atoms with Crippen LogP contribution in [-0.4, -0.2) is 24.0 Å². The van der Waals surface area contributed by atoms with Crippen molar-refractivity contribution in [2.45, 2.75) is 13.5 Å². The van der Waals surface area contributed by atoms with Gasteiger partial charge in [-0.05, 0) is 42.8 Å². The lowest BCUT2D eigenvalue weighted by molar-refractivity contribution is 0.0958. The van der Waals surface area contributed by atoms with Crippen LogP contribution in [-0.2, 0) is 6.61 Å². The molecule has 0 radical (unpaired) electrons. The monoisotopic (exact) mass is 310 g/mol. The summed E-state index contributed by atoms with van der Waals surface area (Å²) in [4.78, 5) is 15.9. The number of ether oxygens (including phenoxy) is 2. The molecule has 1 N–H and O–H groups in total. The Balaban J connectivity index is 2.12. The van der Waals surface area contributed by atoms with Crippen LogP contribution in [0.5, 0.6) is 11.5 Å². The summed E-state index contributed by atoms with van der Waals surface area (Å²) in [5.41, 5.74) is 1.47. The zero-order valence-electron chi connectivity index (χ0n) is 12.9. The molecule has 2 aromatic rings. The fourth-order valence-corrected chi connectivity index (χ4v) is 1.91. The predicted octanol–water partition coefficient (Wildman–Crippen LogP) is 2.42. The Morgan fingerprint density at radius 3 is 2.70 bits per heavy atom. The van der Waals surface area contributed by atoms with E-state index in [9.17, 15) is 4.79 Å². The quantitative estimate of drug-likeness (QED) is 0.798. The zero-order valence-corrected chi connectivity index (χ0v) is 12.9. The molecule has 0 unspecified atom stereocenters. The van der Waals surface area contributed by atoms with Gasteiger partial charge in [-0.3, -0.25) is 9.78 Å². The van der Waals surface area contributed by atoms with Gasteiger partial charge in [-0.25, -0.2) is 0 Å². The molecule has 1 heterocycles. The van der Waals surface area contributed by atoms with E-state index >= 15 is 0 Å². The second-order valence-corrected chi connectivity index (χ2v) is 4.63. The molecule has 0 atom stereocenters. The van der Waals surface area contributed by atoms with E-state index in [2.05, 4.69) is 16.2 Å². The number of nitrogens with one attached hydrogen (secondary N) is 1. The number of carbonyl (C=O) groups excluding carboxylic acids is 1. The van der Waals surface area contributed by atoms with Crippen molar-refractivity contribution >= 4 is 5.91 Å². The largest absolute Gasteiger partial charge is 0.490 e. The van der Waals surface area contributed by atoms with E-state index in [1.54, 1.807) is 30.6 Å². The molecule has 0 spiro atoms. The normalized spacial score (nSPS) is 9.74. The Morgan fingerprint density at radius 1 is 1.22 bits per heavy atom. The van der Waals surface area contributed by atoms with Crippen LogP contribution >= 0.6 is 0 Å². The molecular weight excluding hydrogens is 292 g/mol. The number of carbonyl (C=O) groups is 1. The summed E-state index contributed by atoms with van der Waals surface area (Å²) >= 11 is 0. The summed E-state index contributed by atoms with van der Waals surface area (Å²) in [5, 5.41) is 2.62. The van der Waals surface area contributed by atoms with Gasteiger partial charge in [0, 0.05) is 18.0 Å². The lowest BCUT2D eigenvalue weighted by atomic mass is 10.2. The van der Waals surface area contributed by atoms with Crippen molar-refractivity contribution in [1.82, 2.24) is 10.3 Å². The average molecular weight is 310 g/mol. The highest BCUT2D eigenvalue weighted by Crippen LogP contribution is 2.29. The molecule has 0 aliphatic rings. The van der Waals surface area contributed by atoms with Crippen LogP contribution in [0.25, 0.3) is 0 Å². The van der Waals surface area contributed by atoms with E-state index < -0.39 is 0 Å². The van der Waals surface area contributed by atoms with Crippen LogP contribution in [0.15, 0.2) is 42.7 Å². The number of amides is 1. The maximum atomic E-state index is 11.9. The van der Waals surface area contributed by atoms with Gasteiger partial charge in [-0.2, -0.15) is 0 Å². The van der Waals surface area contributed by atoms with Crippen molar-refractivity contribution in [3.8, 4) is 23.8 Å². The second-order valence-electron chi connectivity index (χ2n) is 4.63. The van der Waals surface area contributed by atoms with Crippen molar-refractivity contribution in [3.63, 3.8) is 0 Å². The molecule has 0 bridgehead atoms. The van der Waals surface area contributed by atoms with E-state index in [1.165, 1.54) is 0 Å². The molecule has 0 saturated heterocycles. The van der Waals surface area contributed by atoms with Crippen LogP contribution in [0.1, 0.15) is 22.8 Å². The molecule has 1 aromatic heterocycles. The van der Waals surface area contributed by atoms with Crippen LogP contribution in [0.4, 0.5) is 0 Å². The Hall–Kier alpha value is -3.00. The Labute approximate surface area is 135 Å². The maximum Gasteiger partial charge on any atom is 0.252 e. The van der Waals surface area contributed by atoms with Crippen LogP contribution in [0, 0.1) is 12.3 Å². The molecule has 0 aliphatic heterocycles. The Bertz CT molecular complexity index is 693. The maximum absolute atomic E-state index is 11.9. The molecule has 0 fully saturated rings. The Morgan fingerprint density at radius 2 is 2.00 bits per heavy atom. The highest BCUT2D eigenvalue weighted by molar-refractivity contribution is 5.95. The number of aromatic nitrogens is 1. The predicted molar refractivity (Wildman–Crippen MR) is 87.3 cm³/mol. The first kappa shape index (κ1) is 16.4. The number of rotatable bonds is 7. The van der Waals surface area contributed by atoms with E-state index in [0.29, 0.717) is 30.3 Å². The molecule has 5 nitrogen and oxygen atoms in total. The third kappa shape index (κ3) is 4.75. The molecule has 1 amide bonds. The van der Waals surface area contributed by atoms with Crippen molar-refractivity contribution < 1.29 is 14.3 Å². The number of benzene rings is 1. The SMILES string of the molecule is C#CCNC(=O)c1ccc(OCc2ccncc2)c(OCC)c1. The van der Waals surface area contributed by atoms with E-state index in [-0.39, 0.29) is 12.5 Å². The van der Waals surface area contributed by atoms with Crippen molar-refractivity contribution in [2.24, 2.45) is 0 Å². The first-order valence-electron chi connectivity index (χ1n) is 7.24. The van der Waals surface area contributed by atoms with Gasteiger partial charge < -0.3 is 14.8 Å². The van der Waals surface area contributed by atoms with Crippen molar-refractivity contribution in [3.05, 3.63) is 53.9 Å². The van der Waals surface area contributed by atoms with Gasteiger partial charge >= 0.3 is 0 Å². The van der Waals surface area contributed by atoms with Crippen LogP contribution in [0.2, 0.25) is 0 Å². The summed E-state index contributed by atoms with van der Waals surface area (Å²) in [6.07, 6.45) is 8.56. The summed E-state index contributed by atoms with van der Waals surface area (Å²) in [6.45, 7) is 2.92. The Kier molecular flexibility index (Phi) is 6.01. The molecule has 0 aliphatic carbocycles. The second kappa shape index (κ2) is 8.44. The van der Waals surface area contributed by atoms with Crippen LogP contribution < -0.4 is 14.8 Å². The smallest absolute Gasteiger partial charge is 0.252 e. The summed E-state index contributed by atoms with van der Waals surface area (Å²) in [5.74, 6) is 3.22. The molecule has 0 saturated carbocycles. The van der Waals surface area contributed by atoms with Gasteiger partial charge in [0.1, 0.15) is 6.61 Å². The van der Waals surface area contributed by atoms with Crippen LogP contribution in [0.3, 0.4) is 0 Å². The highest BCUT2D eigenvalue weighted by Gasteiger charge is 2.11. The number of nitrogens with zero attached hydrogens (tertiary/aromatic N) is 1. The minimum Gasteiger partial charge on any atom is -0.490 e. The van der Waals surface area contributed by atoms with Gasteiger partial charge in [0.25, 0.3) is 5.91 Å². The average Bonchev–Trinajstić information content (AvgIpc) is 2.59. The molecule has 1 aromatic carbocycles. The summed E-state index contributed by atoms with van der Waals surface area (Å²) in [7, 11) is 0. The van der Waals surface area contributed by atoms with Gasteiger partial charge in [-0.15, -0.1) is 6.42 Å². The van der Waals surface area contributed by atoms with Gasteiger partial charge in [-0.1, -0.05) is 5.92 Å². The number of hydrogen-bond acceptors (Lipinski definition) is 4. The van der Waals surface area contributed by atoms with E-state index in [1.807, 2.05) is 19.1 Å². The number of terminal acetylenes is 1. The number of hydrogen-bond donors (Lipinski definition) is 1. The third-order valence-corrected chi connectivity index (χ3v) is 3.00. The lowest BCUT2D eigenvalue weighted by Crippen LogP contribution is -2.23. The number of pyridine rings is 1. The fourth-order valence-electron chi connectivity index (χ4n) is 1.91. The molecular formula is C18H18N2O3. The molecule has 2 rings (SSSR count). The highest BCUT2D eigenvalue weighted by atomic mass is 16.5. The van der Waals surface area contributed by atoms with E-state index in [0.717, 1.165) is 5.56 Å². The minimum absolute atomic E-state index is 0.184. The standard InChI is InChI=1S/C18H18N2O3/c1-3-9-20-18(21)15-5-6-16(17(12-15)22-4-2)23-13-14-7-10-19-11-8-14/h1,5-8,10-12H,4,9,13H2,2H3,(H,20,21). The molecule has 118 valence electrons. The summed E-state index contributed by atoms with van der Waals surface area (Å²) < 4.78 is 11.3. The topological polar surface area (TPSA) is 60.5 Å². The first-order valence-corrected chi connectivity index (χ1v) is 7.24. The summed E-state index contributed by atoms with van der Waals surface area (Å²) in [6, 6.07) is 8.80. The lowest BCUT2D eigenvalue weighted by Gasteiger charge is -2.13. The van der Waals surface area contributed by atoms with Crippen molar-refractivity contribution in [2.75, 3.05) is 13.2 Å². The molecule has 23 heavy (non-hydrogen) atoms. The minimum atomic E-state index is -0.246. The van der Waals surface area contributed by atoms with Gasteiger partial charge in [0.15, 0.2) is 11.5 Å². The third-order valence-electron chi connectivity index (χ3n) is 3.00. The first-order chi connectivity index (χ1) is 11.2. The van der Waals surface area contributed by atoms with Gasteiger partial charge in [0.05, 0.1) is 13.2 Å². The van der Waals surface area contributed by atoms with E-state index in [4.69, 9.17) is 15.9 Å². The molecule has 5 heteroatoms. The van der Waals surface area contributed by atoms with Gasteiger partial charge in [0.2, 0.25) is 0 Å². The zero-order chi connectivity index (χ0) is 16.5. The fraction of sp³-hybridized carbons (Fsp3) is 0.222.